The van der Waals surface area contributed by atoms with E-state index in [0.29, 0.717) is 25.0 Å². The van der Waals surface area contributed by atoms with Crippen molar-refractivity contribution in [3.63, 3.8) is 0 Å². The number of ether oxygens (including phenoxy) is 1. The summed E-state index contributed by atoms with van der Waals surface area (Å²) in [7, 11) is 0. The van der Waals surface area contributed by atoms with Gasteiger partial charge in [0.1, 0.15) is 5.82 Å². The second-order valence-electron chi connectivity index (χ2n) is 6.07. The molecule has 0 radical (unpaired) electrons. The van der Waals surface area contributed by atoms with Gasteiger partial charge in [-0.2, -0.15) is 10.1 Å². The Morgan fingerprint density at radius 2 is 2.12 bits per heavy atom. The molecule has 0 aliphatic carbocycles. The first-order valence-corrected chi connectivity index (χ1v) is 8.33. The predicted octanol–water partition coefficient (Wildman–Crippen LogP) is 2.36. The minimum absolute atomic E-state index is 0.293. The number of anilines is 2. The molecule has 7 nitrogen and oxygen atoms in total. The SMILES string of the molecule is Nc1nc(NCc2ccc(-n3cccn3)cc2)cc(C2CCOC2)n1. The molecule has 25 heavy (non-hydrogen) atoms. The second-order valence-corrected chi connectivity index (χ2v) is 6.07. The van der Waals surface area contributed by atoms with Gasteiger partial charge in [-0.25, -0.2) is 9.67 Å². The van der Waals surface area contributed by atoms with Crippen molar-refractivity contribution in [3.8, 4) is 5.69 Å². The van der Waals surface area contributed by atoms with Crippen LogP contribution in [0.3, 0.4) is 0 Å². The Balaban J connectivity index is 1.44. The Bertz CT molecular complexity index is 825. The molecule has 3 N–H and O–H groups in total. The average Bonchev–Trinajstić information content (AvgIpc) is 3.33. The predicted molar refractivity (Wildman–Crippen MR) is 95.5 cm³/mol. The van der Waals surface area contributed by atoms with Gasteiger partial charge in [0.2, 0.25) is 5.95 Å². The van der Waals surface area contributed by atoms with Crippen LogP contribution in [0, 0.1) is 0 Å². The molecule has 128 valence electrons. The van der Waals surface area contributed by atoms with Crippen LogP contribution in [0.1, 0.15) is 23.6 Å². The van der Waals surface area contributed by atoms with Gasteiger partial charge in [-0.1, -0.05) is 12.1 Å². The van der Waals surface area contributed by atoms with Crippen LogP contribution in [0.5, 0.6) is 0 Å². The lowest BCUT2D eigenvalue weighted by Crippen LogP contribution is -2.09. The van der Waals surface area contributed by atoms with Gasteiger partial charge in [0.15, 0.2) is 0 Å². The molecular weight excluding hydrogens is 316 g/mol. The van der Waals surface area contributed by atoms with E-state index in [1.807, 2.05) is 35.1 Å². The summed E-state index contributed by atoms with van der Waals surface area (Å²) >= 11 is 0. The van der Waals surface area contributed by atoms with Crippen molar-refractivity contribution in [3.05, 3.63) is 60.0 Å². The summed E-state index contributed by atoms with van der Waals surface area (Å²) in [5.41, 5.74) is 8.99. The molecule has 1 saturated heterocycles. The first-order chi connectivity index (χ1) is 12.3. The topological polar surface area (TPSA) is 90.9 Å². The fraction of sp³-hybridized carbons (Fsp3) is 0.278. The van der Waals surface area contributed by atoms with E-state index in [9.17, 15) is 0 Å². The summed E-state index contributed by atoms with van der Waals surface area (Å²) in [5.74, 6) is 1.34. The monoisotopic (exact) mass is 336 g/mol. The quantitative estimate of drug-likeness (QED) is 0.743. The van der Waals surface area contributed by atoms with Crippen molar-refractivity contribution in [2.75, 3.05) is 24.3 Å². The molecule has 1 aliphatic heterocycles. The highest BCUT2D eigenvalue weighted by atomic mass is 16.5. The highest BCUT2D eigenvalue weighted by molar-refractivity contribution is 5.43. The van der Waals surface area contributed by atoms with Crippen LogP contribution in [-0.4, -0.2) is 33.0 Å². The Labute approximate surface area is 145 Å². The van der Waals surface area contributed by atoms with Crippen molar-refractivity contribution >= 4 is 11.8 Å². The number of nitrogen functional groups attached to an aromatic ring is 1. The van der Waals surface area contributed by atoms with Gasteiger partial charge in [0.05, 0.1) is 18.0 Å². The molecule has 4 rings (SSSR count). The standard InChI is InChI=1S/C18H20N6O/c19-18-22-16(14-6-9-25-12-14)10-17(23-18)20-11-13-2-4-15(5-3-13)24-8-1-7-21-24/h1-5,7-8,10,14H,6,9,11-12H2,(H3,19,20,22,23). The molecule has 0 spiro atoms. The molecule has 3 heterocycles. The maximum atomic E-state index is 5.86. The van der Waals surface area contributed by atoms with Crippen molar-refractivity contribution < 1.29 is 4.74 Å². The highest BCUT2D eigenvalue weighted by Crippen LogP contribution is 2.25. The molecule has 3 aromatic rings. The minimum Gasteiger partial charge on any atom is -0.381 e. The van der Waals surface area contributed by atoms with Gasteiger partial charge in [0, 0.05) is 37.5 Å². The number of nitrogens with one attached hydrogen (secondary N) is 1. The van der Waals surface area contributed by atoms with Crippen LogP contribution in [-0.2, 0) is 11.3 Å². The third kappa shape index (κ3) is 3.61. The van der Waals surface area contributed by atoms with Gasteiger partial charge in [-0.05, 0) is 30.2 Å². The van der Waals surface area contributed by atoms with Crippen LogP contribution < -0.4 is 11.1 Å². The number of nitrogens with two attached hydrogens (primary N) is 1. The summed E-state index contributed by atoms with van der Waals surface area (Å²) in [5, 5.41) is 7.55. The van der Waals surface area contributed by atoms with E-state index in [2.05, 4.69) is 32.5 Å². The first kappa shape index (κ1) is 15.6. The third-order valence-electron chi connectivity index (χ3n) is 4.29. The fourth-order valence-electron chi connectivity index (χ4n) is 2.93. The van der Waals surface area contributed by atoms with E-state index >= 15 is 0 Å². The van der Waals surface area contributed by atoms with Crippen LogP contribution >= 0.6 is 0 Å². The maximum absolute atomic E-state index is 5.86. The van der Waals surface area contributed by atoms with Gasteiger partial charge < -0.3 is 15.8 Å². The molecule has 1 aromatic carbocycles. The third-order valence-corrected chi connectivity index (χ3v) is 4.29. The highest BCUT2D eigenvalue weighted by Gasteiger charge is 2.20. The molecule has 2 aromatic heterocycles. The van der Waals surface area contributed by atoms with E-state index in [-0.39, 0.29) is 0 Å². The average molecular weight is 336 g/mol. The summed E-state index contributed by atoms with van der Waals surface area (Å²) < 4.78 is 7.27. The van der Waals surface area contributed by atoms with Gasteiger partial charge >= 0.3 is 0 Å². The first-order valence-electron chi connectivity index (χ1n) is 8.33. The van der Waals surface area contributed by atoms with Crippen LogP contribution in [0.2, 0.25) is 0 Å². The zero-order chi connectivity index (χ0) is 17.1. The Kier molecular flexibility index (Phi) is 4.30. The van der Waals surface area contributed by atoms with Crippen LogP contribution in [0.4, 0.5) is 11.8 Å². The smallest absolute Gasteiger partial charge is 0.222 e. The van der Waals surface area contributed by atoms with Crippen molar-refractivity contribution in [1.29, 1.82) is 0 Å². The number of rotatable bonds is 5. The lowest BCUT2D eigenvalue weighted by atomic mass is 10.0. The second kappa shape index (κ2) is 6.90. The lowest BCUT2D eigenvalue weighted by Gasteiger charge is -2.11. The Hall–Kier alpha value is -2.93. The maximum Gasteiger partial charge on any atom is 0.222 e. The Morgan fingerprint density at radius 3 is 2.84 bits per heavy atom. The molecule has 1 atom stereocenters. The molecule has 0 amide bonds. The minimum atomic E-state index is 0.293. The zero-order valence-corrected chi connectivity index (χ0v) is 13.8. The molecule has 1 aliphatic rings. The van der Waals surface area contributed by atoms with E-state index in [1.165, 1.54) is 0 Å². The molecule has 7 heteroatoms. The summed E-state index contributed by atoms with van der Waals surface area (Å²) in [6.45, 7) is 2.14. The van der Waals surface area contributed by atoms with Crippen LogP contribution in [0.25, 0.3) is 5.69 Å². The number of nitrogens with zero attached hydrogens (tertiary/aromatic N) is 4. The normalized spacial score (nSPS) is 16.9. The fourth-order valence-corrected chi connectivity index (χ4v) is 2.93. The number of aromatic nitrogens is 4. The summed E-state index contributed by atoms with van der Waals surface area (Å²) in [6, 6.07) is 12.1. The zero-order valence-electron chi connectivity index (χ0n) is 13.8. The van der Waals surface area contributed by atoms with E-state index in [1.54, 1.807) is 6.20 Å². The van der Waals surface area contributed by atoms with Gasteiger partial charge in [-0.3, -0.25) is 0 Å². The van der Waals surface area contributed by atoms with Crippen LogP contribution in [0.15, 0.2) is 48.8 Å². The molecule has 0 bridgehead atoms. The number of hydrogen-bond acceptors (Lipinski definition) is 6. The molecular formula is C18H20N6O. The van der Waals surface area contributed by atoms with Gasteiger partial charge in [-0.15, -0.1) is 0 Å². The number of hydrogen-bond donors (Lipinski definition) is 2. The van der Waals surface area contributed by atoms with E-state index in [0.717, 1.165) is 35.8 Å². The summed E-state index contributed by atoms with van der Waals surface area (Å²) in [6.07, 6.45) is 4.66. The lowest BCUT2D eigenvalue weighted by molar-refractivity contribution is 0.193. The Morgan fingerprint density at radius 1 is 1.24 bits per heavy atom. The summed E-state index contributed by atoms with van der Waals surface area (Å²) in [4.78, 5) is 8.63. The molecule has 1 fully saturated rings. The van der Waals surface area contributed by atoms with E-state index in [4.69, 9.17) is 10.5 Å². The van der Waals surface area contributed by atoms with E-state index < -0.39 is 0 Å². The van der Waals surface area contributed by atoms with Crippen molar-refractivity contribution in [1.82, 2.24) is 19.7 Å². The van der Waals surface area contributed by atoms with Crippen molar-refractivity contribution in [2.24, 2.45) is 0 Å². The number of benzene rings is 1. The molecule has 1 unspecified atom stereocenters. The van der Waals surface area contributed by atoms with Crippen molar-refractivity contribution in [2.45, 2.75) is 18.9 Å². The molecule has 0 saturated carbocycles. The van der Waals surface area contributed by atoms with Gasteiger partial charge in [0.25, 0.3) is 0 Å². The largest absolute Gasteiger partial charge is 0.381 e.